The van der Waals surface area contributed by atoms with E-state index in [1.165, 1.54) is 175 Å². The third kappa shape index (κ3) is 30.9. The number of unbranched alkanes of at least 4 members (excludes halogenated alkanes) is 22. The molecule has 2 unspecified atom stereocenters. The highest BCUT2D eigenvalue weighted by atomic mass is 79.9. The summed E-state index contributed by atoms with van der Waals surface area (Å²) in [6.45, 7) is 3.58. The topological polar surface area (TPSA) is 238 Å². The molecule has 6 aromatic rings. The lowest BCUT2D eigenvalue weighted by atomic mass is 9.99. The summed E-state index contributed by atoms with van der Waals surface area (Å²) in [5.74, 6) is -0.782. The molecule has 2 aliphatic carbocycles. The van der Waals surface area contributed by atoms with E-state index < -0.39 is 24.1 Å². The van der Waals surface area contributed by atoms with Crippen LogP contribution in [0.2, 0.25) is 0 Å². The first kappa shape index (κ1) is 80.6. The number of rotatable bonds is 47. The molecule has 2 saturated carbocycles. The van der Waals surface area contributed by atoms with E-state index in [2.05, 4.69) is 151 Å². The minimum Gasteiger partial charge on any atom is -0.481 e. The zero-order chi connectivity index (χ0) is 69.2. The fourth-order valence-corrected chi connectivity index (χ4v) is 13.9. The highest BCUT2D eigenvalue weighted by Crippen LogP contribution is 2.46. The highest BCUT2D eigenvalue weighted by Gasteiger charge is 2.28. The lowest BCUT2D eigenvalue weighted by Crippen LogP contribution is -2.25. The molecule has 532 valence electrons. The van der Waals surface area contributed by atoms with E-state index >= 15 is 0 Å². The number of aliphatic hydroxyl groups excluding tert-OH is 3. The number of aromatic nitrogens is 6. The van der Waals surface area contributed by atoms with Crippen molar-refractivity contribution in [1.29, 1.82) is 0 Å². The van der Waals surface area contributed by atoms with Crippen molar-refractivity contribution in [2.75, 3.05) is 37.9 Å². The number of halogens is 2. The monoisotopic (exact) mass is 1500 g/mol. The molecule has 4 N–H and O–H groups in total. The van der Waals surface area contributed by atoms with Gasteiger partial charge in [-0.05, 0) is 168 Å². The van der Waals surface area contributed by atoms with Crippen molar-refractivity contribution >= 4 is 101 Å². The number of carbonyl (C=O) groups excluding carboxylic acids is 3. The first-order chi connectivity index (χ1) is 47.3. The molecule has 0 spiro atoms. The van der Waals surface area contributed by atoms with Gasteiger partial charge in [0.2, 0.25) is 9.47 Å². The summed E-state index contributed by atoms with van der Waals surface area (Å²) >= 11 is 9.32. The zero-order valence-corrected chi connectivity index (χ0v) is 62.1. The quantitative estimate of drug-likeness (QED) is 0.00913. The molecule has 2 aromatic heterocycles. The zero-order valence-electron chi connectivity index (χ0n) is 57.3. The van der Waals surface area contributed by atoms with E-state index in [-0.39, 0.29) is 49.9 Å². The molecule has 21 heteroatoms. The Balaban J connectivity index is 0.000000254. The normalized spacial score (nSPS) is 13.6. The maximum atomic E-state index is 12.5. The standard InChI is InChI=1S/C38H52BrN3O5S.C21H40O4.C17H14BrN3O2S/c1-2-3-4-5-6-7-8-9-10-11-12-13-14-15-16-21-35(44)46-26-30(43)27-47-36(45)28-48-38-41-40-37(39)42(38)34-25-24-31(29-22-23-29)32-19-17-18-20-33(32)34;1-2-3-4-5-6-7-8-9-10-11-12-13-14-15-16-17-21(24)25-19-20(23)18-22;18-16-19-20-17(24-9-15(22)23)21(16)14-8-7-11(10-5-6-10)12-3-1-2-4-13(12)14/h9-10,17-20,24-25,29-30,43H,2-8,11-16,21-23,26-28H2,1H3;9-10,20,22-23H,2-8,11-19H2,1H3;1-4,7-8,10H,5-6,9H2,(H,22,23)/b2*10-9-;. The number of ether oxygens (including phenoxy) is 3. The summed E-state index contributed by atoms with van der Waals surface area (Å²) < 4.78 is 20.2. The van der Waals surface area contributed by atoms with Gasteiger partial charge in [0.05, 0.1) is 29.5 Å². The summed E-state index contributed by atoms with van der Waals surface area (Å²) in [4.78, 5) is 46.8. The molecule has 2 aliphatic rings. The van der Waals surface area contributed by atoms with Gasteiger partial charge in [-0.2, -0.15) is 0 Å². The van der Waals surface area contributed by atoms with E-state index in [0.717, 1.165) is 85.3 Å². The van der Waals surface area contributed by atoms with E-state index in [1.807, 2.05) is 21.3 Å². The van der Waals surface area contributed by atoms with Crippen LogP contribution in [-0.2, 0) is 33.4 Å². The molecule has 4 aromatic carbocycles. The number of aliphatic hydroxyl groups is 3. The van der Waals surface area contributed by atoms with Crippen LogP contribution in [0, 0.1) is 0 Å². The summed E-state index contributed by atoms with van der Waals surface area (Å²) in [6.07, 6.45) is 44.5. The van der Waals surface area contributed by atoms with Crippen molar-refractivity contribution in [3.05, 3.63) is 118 Å². The van der Waals surface area contributed by atoms with Crippen molar-refractivity contribution in [3.8, 4) is 11.4 Å². The average Bonchev–Trinajstić information content (AvgIpc) is 1.68. The van der Waals surface area contributed by atoms with Crippen LogP contribution in [0.15, 0.2) is 117 Å². The molecular weight excluding hydrogens is 1400 g/mol. The van der Waals surface area contributed by atoms with Crippen LogP contribution < -0.4 is 0 Å². The van der Waals surface area contributed by atoms with Gasteiger partial charge in [-0.25, -0.2) is 0 Å². The predicted octanol–water partition coefficient (Wildman–Crippen LogP) is 18.8. The molecule has 2 heterocycles. The largest absolute Gasteiger partial charge is 0.481 e. The SMILES string of the molecule is CCCCCCCC/C=C\CCCCCCCC(=O)OCC(O)CO.CCCCCCCC/C=C\CCCCCCCC(=O)OCC(O)COC(=O)CSc1nnc(Br)n1-c1ccc(C2CC2)c2ccccc12.O=C(O)CSc1nnc(Br)n1-c1ccc(C2CC2)c2ccccc12. The van der Waals surface area contributed by atoms with Gasteiger partial charge in [-0.3, -0.25) is 28.3 Å². The number of fused-ring (bicyclic) bond motifs is 2. The van der Waals surface area contributed by atoms with Crippen molar-refractivity contribution in [2.24, 2.45) is 0 Å². The third-order valence-corrected chi connectivity index (χ3v) is 19.9. The molecule has 97 heavy (non-hydrogen) atoms. The lowest BCUT2D eigenvalue weighted by molar-refractivity contribution is -0.151. The number of thioether (sulfide) groups is 2. The minimum atomic E-state index is -1.08. The van der Waals surface area contributed by atoms with Crippen molar-refractivity contribution < 1.29 is 53.8 Å². The smallest absolute Gasteiger partial charge is 0.316 e. The Hall–Kier alpha value is -5.42. The van der Waals surface area contributed by atoms with Crippen LogP contribution in [-0.4, -0.2) is 124 Å². The second kappa shape index (κ2) is 47.6. The van der Waals surface area contributed by atoms with E-state index in [1.54, 1.807) is 0 Å². The molecule has 0 amide bonds. The maximum absolute atomic E-state index is 12.5. The van der Waals surface area contributed by atoms with Crippen LogP contribution in [0.1, 0.15) is 242 Å². The second-order valence-corrected chi connectivity index (χ2v) is 28.6. The molecule has 17 nitrogen and oxygen atoms in total. The minimum absolute atomic E-state index is 0.00872. The summed E-state index contributed by atoms with van der Waals surface area (Å²) in [5.41, 5.74) is 4.64. The average molecular weight is 1500 g/mol. The van der Waals surface area contributed by atoms with Gasteiger partial charge in [0, 0.05) is 23.6 Å². The Bertz CT molecular complexity index is 3330. The van der Waals surface area contributed by atoms with Crippen LogP contribution in [0.25, 0.3) is 32.9 Å². The first-order valence-electron chi connectivity index (χ1n) is 35.8. The Kier molecular flexibility index (Phi) is 39.5. The predicted molar refractivity (Wildman–Crippen MR) is 397 cm³/mol. The molecule has 0 aliphatic heterocycles. The van der Waals surface area contributed by atoms with Crippen LogP contribution in [0.3, 0.4) is 0 Å². The molecule has 8 rings (SSSR count). The Labute approximate surface area is 600 Å². The number of carboxylic acid groups (broad SMARTS) is 1. The number of esters is 3. The van der Waals surface area contributed by atoms with Crippen molar-refractivity contribution in [1.82, 2.24) is 29.5 Å². The molecule has 0 bridgehead atoms. The van der Waals surface area contributed by atoms with Gasteiger partial charge in [-0.15, -0.1) is 20.4 Å². The fourth-order valence-electron chi connectivity index (χ4n) is 11.4. The van der Waals surface area contributed by atoms with Crippen LogP contribution in [0.4, 0.5) is 0 Å². The first-order valence-corrected chi connectivity index (χ1v) is 39.4. The Morgan fingerprint density at radius 3 is 1.21 bits per heavy atom. The summed E-state index contributed by atoms with van der Waals surface area (Å²) in [7, 11) is 0. The van der Waals surface area contributed by atoms with E-state index in [4.69, 9.17) is 29.5 Å². The second-order valence-electron chi connectivity index (χ2n) is 25.3. The fraction of sp³-hybridized carbons (Fsp3) is 0.579. The van der Waals surface area contributed by atoms with Gasteiger partial charge >= 0.3 is 23.9 Å². The molecular formula is C76H106Br2N6O11S2. The Morgan fingerprint density at radius 1 is 0.474 bits per heavy atom. The van der Waals surface area contributed by atoms with Crippen LogP contribution >= 0.6 is 55.4 Å². The number of benzene rings is 4. The number of carbonyl (C=O) groups is 4. The van der Waals surface area contributed by atoms with E-state index in [0.29, 0.717) is 44.5 Å². The summed E-state index contributed by atoms with van der Waals surface area (Å²) in [5, 5.41) is 59.3. The third-order valence-electron chi connectivity index (χ3n) is 17.0. The number of hydrogen-bond acceptors (Lipinski definition) is 16. The number of aliphatic carboxylic acids is 1. The number of carboxylic acids is 1. The number of allylic oxidation sites excluding steroid dienone is 4. The number of hydrogen-bond donors (Lipinski definition) is 4. The molecule has 2 fully saturated rings. The van der Waals surface area contributed by atoms with E-state index in [9.17, 15) is 24.3 Å². The van der Waals surface area contributed by atoms with Gasteiger partial charge in [-0.1, -0.05) is 225 Å². The summed E-state index contributed by atoms with van der Waals surface area (Å²) in [6, 6.07) is 25.1. The van der Waals surface area contributed by atoms with Crippen molar-refractivity contribution in [2.45, 2.75) is 254 Å². The van der Waals surface area contributed by atoms with Crippen LogP contribution in [0.5, 0.6) is 0 Å². The van der Waals surface area contributed by atoms with Crippen molar-refractivity contribution in [3.63, 3.8) is 0 Å². The Morgan fingerprint density at radius 2 is 0.825 bits per heavy atom. The number of nitrogens with zero attached hydrogens (tertiary/aromatic N) is 6. The van der Waals surface area contributed by atoms with Gasteiger partial charge in [0.25, 0.3) is 0 Å². The van der Waals surface area contributed by atoms with Gasteiger partial charge in [0.15, 0.2) is 10.3 Å². The maximum Gasteiger partial charge on any atom is 0.316 e. The highest BCUT2D eigenvalue weighted by molar-refractivity contribution is 9.10. The molecule has 2 atom stereocenters. The van der Waals surface area contributed by atoms with Gasteiger partial charge < -0.3 is 34.6 Å². The molecule has 0 radical (unpaired) electrons. The van der Waals surface area contributed by atoms with Gasteiger partial charge in [0.1, 0.15) is 32.0 Å². The molecule has 0 saturated heterocycles. The lowest BCUT2D eigenvalue weighted by Gasteiger charge is -2.14.